The van der Waals surface area contributed by atoms with E-state index in [1.165, 1.54) is 29.9 Å². The molecular formula is C10H15NS. The second-order valence-electron chi connectivity index (χ2n) is 2.74. The first-order valence-electron chi connectivity index (χ1n) is 4.46. The molecule has 0 aromatic carbocycles. The van der Waals surface area contributed by atoms with E-state index in [-0.39, 0.29) is 0 Å². The summed E-state index contributed by atoms with van der Waals surface area (Å²) < 4.78 is 0. The number of hydrogen-bond donors (Lipinski definition) is 0. The van der Waals surface area contributed by atoms with Crippen LogP contribution in [0.15, 0.2) is 29.4 Å². The number of hydrogen-bond acceptors (Lipinski definition) is 2. The topological polar surface area (TPSA) is 12.9 Å². The minimum absolute atomic E-state index is 1.23. The van der Waals surface area contributed by atoms with Gasteiger partial charge in [-0.1, -0.05) is 19.8 Å². The molecule has 0 unspecified atom stereocenters. The monoisotopic (exact) mass is 181 g/mol. The molecule has 1 aromatic rings. The summed E-state index contributed by atoms with van der Waals surface area (Å²) >= 11 is 1.92. The van der Waals surface area contributed by atoms with Crippen LogP contribution in [0.1, 0.15) is 26.2 Å². The summed E-state index contributed by atoms with van der Waals surface area (Å²) in [7, 11) is 0. The minimum Gasteiger partial charge on any atom is -0.265 e. The smallest absolute Gasteiger partial charge is 0.0278 e. The number of pyridine rings is 1. The molecular weight excluding hydrogens is 166 g/mol. The predicted molar refractivity (Wildman–Crippen MR) is 54.5 cm³/mol. The van der Waals surface area contributed by atoms with E-state index in [2.05, 4.69) is 24.0 Å². The van der Waals surface area contributed by atoms with Crippen molar-refractivity contribution in [1.82, 2.24) is 4.98 Å². The van der Waals surface area contributed by atoms with E-state index in [9.17, 15) is 0 Å². The van der Waals surface area contributed by atoms with Crippen LogP contribution in [0.25, 0.3) is 0 Å². The van der Waals surface area contributed by atoms with Crippen LogP contribution in [0.4, 0.5) is 0 Å². The van der Waals surface area contributed by atoms with E-state index in [1.54, 1.807) is 0 Å². The molecule has 0 radical (unpaired) electrons. The van der Waals surface area contributed by atoms with Crippen molar-refractivity contribution in [2.45, 2.75) is 31.1 Å². The van der Waals surface area contributed by atoms with E-state index in [1.807, 2.05) is 24.2 Å². The molecule has 1 rings (SSSR count). The van der Waals surface area contributed by atoms with Gasteiger partial charge in [-0.15, -0.1) is 11.8 Å². The average molecular weight is 181 g/mol. The van der Waals surface area contributed by atoms with Crippen LogP contribution in [0.3, 0.4) is 0 Å². The molecule has 0 saturated heterocycles. The fraction of sp³-hybridized carbons (Fsp3) is 0.500. The molecule has 1 nitrogen and oxygen atoms in total. The van der Waals surface area contributed by atoms with Gasteiger partial charge in [-0.3, -0.25) is 4.98 Å². The first-order chi connectivity index (χ1) is 5.93. The van der Waals surface area contributed by atoms with Gasteiger partial charge in [-0.05, 0) is 24.3 Å². The van der Waals surface area contributed by atoms with E-state index < -0.39 is 0 Å². The lowest BCUT2D eigenvalue weighted by molar-refractivity contribution is 0.778. The van der Waals surface area contributed by atoms with E-state index in [4.69, 9.17) is 0 Å². The number of nitrogens with zero attached hydrogens (tertiary/aromatic N) is 1. The standard InChI is InChI=1S/C10H15NS/c1-2-3-4-9-12-10-5-7-11-8-6-10/h5-8H,2-4,9H2,1H3. The summed E-state index contributed by atoms with van der Waals surface area (Å²) in [6.07, 6.45) is 7.67. The first kappa shape index (κ1) is 9.59. The van der Waals surface area contributed by atoms with Crippen molar-refractivity contribution in [1.29, 1.82) is 0 Å². The Bertz CT molecular complexity index is 198. The van der Waals surface area contributed by atoms with Crippen molar-refractivity contribution >= 4 is 11.8 Å². The Morgan fingerprint density at radius 1 is 1.25 bits per heavy atom. The Hall–Kier alpha value is -0.500. The van der Waals surface area contributed by atoms with Gasteiger partial charge in [-0.2, -0.15) is 0 Å². The molecule has 1 heterocycles. The molecule has 2 heteroatoms. The summed E-state index contributed by atoms with van der Waals surface area (Å²) in [5.74, 6) is 1.23. The molecule has 1 aromatic heterocycles. The predicted octanol–water partition coefficient (Wildman–Crippen LogP) is 3.36. The lowest BCUT2D eigenvalue weighted by atomic mass is 10.3. The highest BCUT2D eigenvalue weighted by molar-refractivity contribution is 7.99. The Labute approximate surface area is 78.6 Å². The molecule has 0 aliphatic rings. The molecule has 66 valence electrons. The molecule has 0 N–H and O–H groups in total. The second-order valence-corrected chi connectivity index (χ2v) is 3.91. The maximum absolute atomic E-state index is 3.98. The van der Waals surface area contributed by atoms with Gasteiger partial charge in [-0.25, -0.2) is 0 Å². The molecule has 0 bridgehead atoms. The van der Waals surface area contributed by atoms with Gasteiger partial charge in [0.1, 0.15) is 0 Å². The fourth-order valence-electron chi connectivity index (χ4n) is 0.977. The Balaban J connectivity index is 2.16. The zero-order chi connectivity index (χ0) is 8.65. The first-order valence-corrected chi connectivity index (χ1v) is 5.45. The molecule has 0 spiro atoms. The number of unbranched alkanes of at least 4 members (excludes halogenated alkanes) is 2. The fourth-order valence-corrected chi connectivity index (χ4v) is 1.87. The third-order valence-corrected chi connectivity index (χ3v) is 2.76. The zero-order valence-electron chi connectivity index (χ0n) is 7.49. The van der Waals surface area contributed by atoms with Crippen LogP contribution in [0.2, 0.25) is 0 Å². The van der Waals surface area contributed by atoms with E-state index in [0.717, 1.165) is 0 Å². The Morgan fingerprint density at radius 2 is 2.00 bits per heavy atom. The molecule has 0 aliphatic heterocycles. The number of thioether (sulfide) groups is 1. The van der Waals surface area contributed by atoms with Gasteiger partial charge < -0.3 is 0 Å². The second kappa shape index (κ2) is 6.06. The highest BCUT2D eigenvalue weighted by atomic mass is 32.2. The number of aromatic nitrogens is 1. The van der Waals surface area contributed by atoms with Gasteiger partial charge in [0.2, 0.25) is 0 Å². The average Bonchev–Trinajstić information content (AvgIpc) is 2.14. The molecule has 0 atom stereocenters. The maximum atomic E-state index is 3.98. The largest absolute Gasteiger partial charge is 0.265 e. The van der Waals surface area contributed by atoms with Gasteiger partial charge in [0.15, 0.2) is 0 Å². The molecule has 0 amide bonds. The maximum Gasteiger partial charge on any atom is 0.0278 e. The van der Waals surface area contributed by atoms with Crippen LogP contribution >= 0.6 is 11.8 Å². The minimum atomic E-state index is 1.23. The summed E-state index contributed by atoms with van der Waals surface area (Å²) in [6.45, 7) is 2.23. The molecule has 12 heavy (non-hydrogen) atoms. The van der Waals surface area contributed by atoms with Gasteiger partial charge in [0, 0.05) is 17.3 Å². The third kappa shape index (κ3) is 3.77. The summed E-state index contributed by atoms with van der Waals surface area (Å²) in [4.78, 5) is 5.31. The van der Waals surface area contributed by atoms with Gasteiger partial charge in [0.25, 0.3) is 0 Å². The quantitative estimate of drug-likeness (QED) is 0.510. The van der Waals surface area contributed by atoms with Crippen LogP contribution < -0.4 is 0 Å². The molecule has 0 fully saturated rings. The van der Waals surface area contributed by atoms with Crippen molar-refractivity contribution in [3.63, 3.8) is 0 Å². The van der Waals surface area contributed by atoms with Gasteiger partial charge in [0.05, 0.1) is 0 Å². The van der Waals surface area contributed by atoms with Crippen molar-refractivity contribution in [2.24, 2.45) is 0 Å². The van der Waals surface area contributed by atoms with Crippen LogP contribution in [0.5, 0.6) is 0 Å². The van der Waals surface area contributed by atoms with Crippen LogP contribution in [-0.2, 0) is 0 Å². The van der Waals surface area contributed by atoms with Gasteiger partial charge >= 0.3 is 0 Å². The summed E-state index contributed by atoms with van der Waals surface area (Å²) in [5, 5.41) is 0. The Kier molecular flexibility index (Phi) is 4.85. The Morgan fingerprint density at radius 3 is 2.67 bits per heavy atom. The summed E-state index contributed by atoms with van der Waals surface area (Å²) in [5.41, 5.74) is 0. The van der Waals surface area contributed by atoms with Crippen molar-refractivity contribution in [3.8, 4) is 0 Å². The molecule has 0 saturated carbocycles. The zero-order valence-corrected chi connectivity index (χ0v) is 8.31. The lowest BCUT2D eigenvalue weighted by Gasteiger charge is -1.98. The van der Waals surface area contributed by atoms with Crippen molar-refractivity contribution in [3.05, 3.63) is 24.5 Å². The number of rotatable bonds is 5. The van der Waals surface area contributed by atoms with E-state index in [0.29, 0.717) is 0 Å². The van der Waals surface area contributed by atoms with Crippen LogP contribution in [-0.4, -0.2) is 10.7 Å². The lowest BCUT2D eigenvalue weighted by Crippen LogP contribution is -1.79. The molecule has 0 aliphatic carbocycles. The highest BCUT2D eigenvalue weighted by Gasteiger charge is 1.91. The van der Waals surface area contributed by atoms with E-state index >= 15 is 0 Å². The van der Waals surface area contributed by atoms with Crippen molar-refractivity contribution < 1.29 is 0 Å². The van der Waals surface area contributed by atoms with Crippen LogP contribution in [0, 0.1) is 0 Å². The highest BCUT2D eigenvalue weighted by Crippen LogP contribution is 2.17. The third-order valence-electron chi connectivity index (χ3n) is 1.67. The summed E-state index contributed by atoms with van der Waals surface area (Å²) in [6, 6.07) is 4.13. The van der Waals surface area contributed by atoms with Crippen molar-refractivity contribution in [2.75, 3.05) is 5.75 Å². The normalized spacial score (nSPS) is 10.1. The SMILES string of the molecule is CCCCCSc1ccncc1.